The average molecular weight is 478 g/mol. The molecule has 2 aromatic heterocycles. The number of hydrogen-bond donors (Lipinski definition) is 2. The van der Waals surface area contributed by atoms with Gasteiger partial charge in [0.15, 0.2) is 6.61 Å². The van der Waals surface area contributed by atoms with Gasteiger partial charge in [0.1, 0.15) is 17.4 Å². The van der Waals surface area contributed by atoms with E-state index < -0.39 is 0 Å². The highest BCUT2D eigenvalue weighted by Crippen LogP contribution is 2.28. The Kier molecular flexibility index (Phi) is 7.66. The zero-order chi connectivity index (χ0) is 23.9. The first-order chi connectivity index (χ1) is 16.5. The number of nitrogens with zero attached hydrogens (tertiary/aromatic N) is 3. The standard InChI is InChI=1S/C25H27N5O3S/c1-16(18-5-4-6-20(11-18)33-14-25(31)26-9-10-32-3)28-24-13-22(29-17(2)30-24)19-7-8-21-23(12-19)34-15-27-21/h4-8,11-13,15-16H,9-10,14H2,1-3H3,(H,26,31)(H,28,29,30). The molecule has 1 atom stereocenters. The fraction of sp³-hybridized carbons (Fsp3) is 0.280. The van der Waals surface area contributed by atoms with E-state index >= 15 is 0 Å². The van der Waals surface area contributed by atoms with E-state index in [1.54, 1.807) is 18.4 Å². The largest absolute Gasteiger partial charge is 0.484 e. The van der Waals surface area contributed by atoms with Gasteiger partial charge in [-0.25, -0.2) is 15.0 Å². The topological polar surface area (TPSA) is 98.3 Å². The van der Waals surface area contributed by atoms with Gasteiger partial charge in [-0.3, -0.25) is 4.79 Å². The van der Waals surface area contributed by atoms with Crippen molar-refractivity contribution in [1.82, 2.24) is 20.3 Å². The predicted octanol–water partition coefficient (Wildman–Crippen LogP) is 4.38. The van der Waals surface area contributed by atoms with Crippen molar-refractivity contribution in [2.75, 3.05) is 32.2 Å². The van der Waals surface area contributed by atoms with Crippen LogP contribution in [-0.2, 0) is 9.53 Å². The third-order valence-corrected chi connectivity index (χ3v) is 5.98. The molecule has 0 saturated heterocycles. The molecule has 0 spiro atoms. The lowest BCUT2D eigenvalue weighted by atomic mass is 10.1. The lowest BCUT2D eigenvalue weighted by Gasteiger charge is -2.17. The number of hydrogen-bond acceptors (Lipinski definition) is 8. The number of thiazole rings is 1. The predicted molar refractivity (Wildman–Crippen MR) is 134 cm³/mol. The first-order valence-electron chi connectivity index (χ1n) is 11.0. The van der Waals surface area contributed by atoms with Crippen LogP contribution in [0.2, 0.25) is 0 Å². The van der Waals surface area contributed by atoms with Crippen LogP contribution in [0, 0.1) is 6.92 Å². The first-order valence-corrected chi connectivity index (χ1v) is 11.8. The molecule has 4 rings (SSSR count). The minimum Gasteiger partial charge on any atom is -0.484 e. The number of aryl methyl sites for hydroxylation is 1. The second kappa shape index (κ2) is 11.0. The molecule has 34 heavy (non-hydrogen) atoms. The van der Waals surface area contributed by atoms with Gasteiger partial charge < -0.3 is 20.1 Å². The number of anilines is 1. The van der Waals surface area contributed by atoms with Gasteiger partial charge >= 0.3 is 0 Å². The second-order valence-electron chi connectivity index (χ2n) is 7.79. The summed E-state index contributed by atoms with van der Waals surface area (Å²) in [4.78, 5) is 25.4. The molecule has 1 unspecified atom stereocenters. The Morgan fingerprint density at radius 3 is 2.88 bits per heavy atom. The van der Waals surface area contributed by atoms with Crippen molar-refractivity contribution >= 4 is 33.3 Å². The Bertz CT molecular complexity index is 1280. The van der Waals surface area contributed by atoms with Gasteiger partial charge in [0.25, 0.3) is 5.91 Å². The van der Waals surface area contributed by atoms with E-state index in [1.165, 1.54) is 0 Å². The van der Waals surface area contributed by atoms with E-state index in [2.05, 4.69) is 38.6 Å². The Hall–Kier alpha value is -3.56. The van der Waals surface area contributed by atoms with Crippen LogP contribution in [0.1, 0.15) is 24.4 Å². The maximum Gasteiger partial charge on any atom is 0.258 e. The Labute approximate surface area is 202 Å². The number of benzene rings is 2. The summed E-state index contributed by atoms with van der Waals surface area (Å²) in [5.74, 6) is 1.87. The maximum absolute atomic E-state index is 11.9. The first kappa shape index (κ1) is 23.6. The molecule has 1 amide bonds. The zero-order valence-electron chi connectivity index (χ0n) is 19.4. The summed E-state index contributed by atoms with van der Waals surface area (Å²) in [7, 11) is 1.59. The summed E-state index contributed by atoms with van der Waals surface area (Å²) in [5.41, 5.74) is 5.73. The summed E-state index contributed by atoms with van der Waals surface area (Å²) in [6, 6.07) is 15.7. The molecule has 0 fully saturated rings. The van der Waals surface area contributed by atoms with Crippen LogP contribution in [0.3, 0.4) is 0 Å². The number of nitrogens with one attached hydrogen (secondary N) is 2. The van der Waals surface area contributed by atoms with Crippen molar-refractivity contribution in [1.29, 1.82) is 0 Å². The fourth-order valence-corrected chi connectivity index (χ4v) is 4.19. The minimum absolute atomic E-state index is 0.0368. The van der Waals surface area contributed by atoms with Crippen molar-refractivity contribution in [3.05, 3.63) is 65.4 Å². The lowest BCUT2D eigenvalue weighted by molar-refractivity contribution is -0.123. The molecule has 2 aromatic carbocycles. The van der Waals surface area contributed by atoms with Gasteiger partial charge in [-0.1, -0.05) is 18.2 Å². The molecule has 176 valence electrons. The highest BCUT2D eigenvalue weighted by atomic mass is 32.1. The molecule has 8 nitrogen and oxygen atoms in total. The fourth-order valence-electron chi connectivity index (χ4n) is 3.48. The van der Waals surface area contributed by atoms with Crippen LogP contribution in [0.5, 0.6) is 5.75 Å². The molecule has 0 aliphatic carbocycles. The van der Waals surface area contributed by atoms with Crippen molar-refractivity contribution in [2.45, 2.75) is 19.9 Å². The number of rotatable bonds is 10. The van der Waals surface area contributed by atoms with E-state index in [0.29, 0.717) is 24.7 Å². The molecule has 0 aliphatic heterocycles. The van der Waals surface area contributed by atoms with Crippen LogP contribution in [0.25, 0.3) is 21.5 Å². The SMILES string of the molecule is COCCNC(=O)COc1cccc(C(C)Nc2cc(-c3ccc4ncsc4c3)nc(C)n2)c1. The van der Waals surface area contributed by atoms with E-state index in [1.807, 2.05) is 54.9 Å². The highest BCUT2D eigenvalue weighted by Gasteiger charge is 2.11. The normalized spacial score (nSPS) is 11.9. The van der Waals surface area contributed by atoms with Crippen LogP contribution in [0.4, 0.5) is 5.82 Å². The highest BCUT2D eigenvalue weighted by molar-refractivity contribution is 7.16. The summed E-state index contributed by atoms with van der Waals surface area (Å²) in [5, 5.41) is 6.20. The third-order valence-electron chi connectivity index (χ3n) is 5.19. The van der Waals surface area contributed by atoms with E-state index in [0.717, 1.165) is 32.9 Å². The zero-order valence-corrected chi connectivity index (χ0v) is 20.2. The Balaban J connectivity index is 1.44. The number of ether oxygens (including phenoxy) is 2. The number of carbonyl (C=O) groups excluding carboxylic acids is 1. The Morgan fingerprint density at radius 1 is 1.15 bits per heavy atom. The molecule has 4 aromatic rings. The van der Waals surface area contributed by atoms with Crippen LogP contribution in [0.15, 0.2) is 54.0 Å². The summed E-state index contributed by atoms with van der Waals surface area (Å²) in [6.45, 7) is 4.81. The van der Waals surface area contributed by atoms with Gasteiger partial charge in [0.05, 0.1) is 34.1 Å². The van der Waals surface area contributed by atoms with E-state index in [9.17, 15) is 4.79 Å². The van der Waals surface area contributed by atoms with Gasteiger partial charge in [-0.05, 0) is 43.7 Å². The van der Waals surface area contributed by atoms with Crippen LogP contribution in [-0.4, -0.2) is 47.7 Å². The van der Waals surface area contributed by atoms with Crippen molar-refractivity contribution < 1.29 is 14.3 Å². The molecular weight excluding hydrogens is 450 g/mol. The smallest absolute Gasteiger partial charge is 0.258 e. The van der Waals surface area contributed by atoms with Crippen LogP contribution >= 0.6 is 11.3 Å². The summed E-state index contributed by atoms with van der Waals surface area (Å²) in [6.07, 6.45) is 0. The van der Waals surface area contributed by atoms with Crippen molar-refractivity contribution in [2.24, 2.45) is 0 Å². The number of methoxy groups -OCH3 is 1. The van der Waals surface area contributed by atoms with Crippen molar-refractivity contribution in [3.8, 4) is 17.0 Å². The summed E-state index contributed by atoms with van der Waals surface area (Å²) < 4.78 is 11.7. The number of fused-ring (bicyclic) bond motifs is 1. The lowest BCUT2D eigenvalue weighted by Crippen LogP contribution is -2.31. The third kappa shape index (κ3) is 6.06. The van der Waals surface area contributed by atoms with Crippen LogP contribution < -0.4 is 15.4 Å². The molecule has 0 bridgehead atoms. The van der Waals surface area contributed by atoms with Crippen molar-refractivity contribution in [3.63, 3.8) is 0 Å². The summed E-state index contributed by atoms with van der Waals surface area (Å²) >= 11 is 1.61. The molecular formula is C25H27N5O3S. The van der Waals surface area contributed by atoms with Gasteiger partial charge in [0.2, 0.25) is 0 Å². The molecule has 0 saturated carbocycles. The monoisotopic (exact) mass is 477 g/mol. The molecule has 0 radical (unpaired) electrons. The van der Waals surface area contributed by atoms with E-state index in [-0.39, 0.29) is 18.6 Å². The second-order valence-corrected chi connectivity index (χ2v) is 8.68. The average Bonchev–Trinajstić information content (AvgIpc) is 3.31. The molecule has 0 aliphatic rings. The maximum atomic E-state index is 11.9. The van der Waals surface area contributed by atoms with Gasteiger partial charge in [0, 0.05) is 25.3 Å². The van der Waals surface area contributed by atoms with E-state index in [4.69, 9.17) is 9.47 Å². The quantitative estimate of drug-likeness (QED) is 0.327. The molecule has 2 N–H and O–H groups in total. The molecule has 2 heterocycles. The number of aromatic nitrogens is 3. The number of amides is 1. The van der Waals surface area contributed by atoms with Gasteiger partial charge in [-0.15, -0.1) is 11.3 Å². The minimum atomic E-state index is -0.186. The number of carbonyl (C=O) groups is 1. The Morgan fingerprint density at radius 2 is 2.03 bits per heavy atom. The molecule has 9 heteroatoms. The van der Waals surface area contributed by atoms with Gasteiger partial charge in [-0.2, -0.15) is 0 Å².